The summed E-state index contributed by atoms with van der Waals surface area (Å²) < 4.78 is 11.3. The Labute approximate surface area is 184 Å². The van der Waals surface area contributed by atoms with Gasteiger partial charge in [0.25, 0.3) is 5.56 Å². The summed E-state index contributed by atoms with van der Waals surface area (Å²) in [4.78, 5) is 19.0. The Morgan fingerprint density at radius 1 is 1.23 bits per heavy atom. The third-order valence-electron chi connectivity index (χ3n) is 4.97. The van der Waals surface area contributed by atoms with Crippen LogP contribution >= 0.6 is 23.6 Å². The van der Waals surface area contributed by atoms with E-state index in [-0.39, 0.29) is 5.56 Å². The first kappa shape index (κ1) is 20.7. The molecule has 0 aliphatic carbocycles. The summed E-state index contributed by atoms with van der Waals surface area (Å²) in [6.45, 7) is 5.11. The predicted molar refractivity (Wildman–Crippen MR) is 125 cm³/mol. The van der Waals surface area contributed by atoms with Gasteiger partial charge in [-0.05, 0) is 42.2 Å². The van der Waals surface area contributed by atoms with Crippen LogP contribution in [0.25, 0.3) is 10.9 Å². The maximum atomic E-state index is 12.8. The van der Waals surface area contributed by atoms with Gasteiger partial charge in [-0.2, -0.15) is 0 Å². The number of thiocarbonyl (C=S) groups is 1. The Bertz CT molecular complexity index is 1080. The number of nitrogens with zero attached hydrogens (tertiary/aromatic N) is 1. The smallest absolute Gasteiger partial charge is 0.253 e. The van der Waals surface area contributed by atoms with Gasteiger partial charge in [-0.1, -0.05) is 19.4 Å². The Kier molecular flexibility index (Phi) is 6.54. The SMILES string of the molecule is CCCCNC(=S)N(Cc1cccs1)Cc1cc2cc3c(cc2[nH]c1=O)OCCO3. The fraction of sp³-hybridized carbons (Fsp3) is 0.364. The number of benzene rings is 1. The number of aromatic nitrogens is 1. The van der Waals surface area contributed by atoms with Crippen LogP contribution < -0.4 is 20.3 Å². The van der Waals surface area contributed by atoms with Crippen molar-refractivity contribution in [3.8, 4) is 11.5 Å². The molecule has 3 heterocycles. The normalized spacial score (nSPS) is 12.7. The Morgan fingerprint density at radius 3 is 2.77 bits per heavy atom. The fourth-order valence-corrected chi connectivity index (χ4v) is 4.34. The molecule has 0 saturated carbocycles. The number of aromatic amines is 1. The van der Waals surface area contributed by atoms with Crippen molar-refractivity contribution in [2.75, 3.05) is 19.8 Å². The summed E-state index contributed by atoms with van der Waals surface area (Å²) in [5.74, 6) is 1.37. The van der Waals surface area contributed by atoms with E-state index < -0.39 is 0 Å². The highest BCUT2D eigenvalue weighted by molar-refractivity contribution is 7.80. The van der Waals surface area contributed by atoms with Gasteiger partial charge >= 0.3 is 0 Å². The minimum atomic E-state index is -0.119. The molecule has 1 aliphatic rings. The predicted octanol–water partition coefficient (Wildman–Crippen LogP) is 4.04. The molecule has 0 spiro atoms. The van der Waals surface area contributed by atoms with Gasteiger partial charge in [0.15, 0.2) is 16.6 Å². The molecule has 158 valence electrons. The van der Waals surface area contributed by atoms with E-state index in [1.54, 1.807) is 11.3 Å². The first-order valence-corrected chi connectivity index (χ1v) is 11.4. The van der Waals surface area contributed by atoms with Gasteiger partial charge < -0.3 is 24.7 Å². The van der Waals surface area contributed by atoms with E-state index >= 15 is 0 Å². The maximum absolute atomic E-state index is 12.8. The summed E-state index contributed by atoms with van der Waals surface area (Å²) in [6.07, 6.45) is 2.15. The van der Waals surface area contributed by atoms with E-state index in [2.05, 4.69) is 28.7 Å². The number of unbranched alkanes of at least 4 members (excludes halogenated alkanes) is 1. The van der Waals surface area contributed by atoms with Crippen LogP contribution in [0.1, 0.15) is 30.2 Å². The van der Waals surface area contributed by atoms with Crippen LogP contribution in [0.4, 0.5) is 0 Å². The lowest BCUT2D eigenvalue weighted by atomic mass is 10.1. The van der Waals surface area contributed by atoms with Gasteiger partial charge in [-0.15, -0.1) is 11.3 Å². The standard InChI is InChI=1S/C22H25N3O3S2/c1-2-3-6-23-22(29)25(14-17-5-4-9-30-17)13-16-10-15-11-19-20(28-8-7-27-19)12-18(15)24-21(16)26/h4-5,9-12H,2-3,6-8,13-14H2,1H3,(H,23,29)(H,24,26). The second-order valence-corrected chi connectivity index (χ2v) is 8.65. The van der Waals surface area contributed by atoms with E-state index in [0.717, 1.165) is 30.3 Å². The van der Waals surface area contributed by atoms with E-state index in [1.807, 2.05) is 29.2 Å². The third-order valence-corrected chi connectivity index (χ3v) is 6.23. The largest absolute Gasteiger partial charge is 0.486 e. The van der Waals surface area contributed by atoms with Crippen molar-refractivity contribution in [2.24, 2.45) is 0 Å². The zero-order chi connectivity index (χ0) is 20.9. The molecule has 0 atom stereocenters. The van der Waals surface area contributed by atoms with Crippen molar-refractivity contribution in [3.63, 3.8) is 0 Å². The maximum Gasteiger partial charge on any atom is 0.253 e. The molecule has 0 bridgehead atoms. The molecule has 0 radical (unpaired) electrons. The molecule has 1 aliphatic heterocycles. The van der Waals surface area contributed by atoms with Crippen molar-refractivity contribution in [1.29, 1.82) is 0 Å². The van der Waals surface area contributed by atoms with E-state index in [0.29, 0.717) is 48.5 Å². The van der Waals surface area contributed by atoms with Gasteiger partial charge in [0.2, 0.25) is 0 Å². The van der Waals surface area contributed by atoms with Crippen LogP contribution in [-0.4, -0.2) is 34.8 Å². The van der Waals surface area contributed by atoms with E-state index in [4.69, 9.17) is 21.7 Å². The van der Waals surface area contributed by atoms with Crippen LogP contribution in [0, 0.1) is 0 Å². The van der Waals surface area contributed by atoms with Crippen LogP contribution in [0.5, 0.6) is 11.5 Å². The van der Waals surface area contributed by atoms with Gasteiger partial charge in [0.1, 0.15) is 13.2 Å². The molecule has 3 aromatic rings. The number of pyridine rings is 1. The number of nitrogens with one attached hydrogen (secondary N) is 2. The average molecular weight is 444 g/mol. The van der Waals surface area contributed by atoms with Crippen molar-refractivity contribution >= 4 is 39.6 Å². The summed E-state index contributed by atoms with van der Waals surface area (Å²) in [7, 11) is 0. The minimum absolute atomic E-state index is 0.119. The Morgan fingerprint density at radius 2 is 2.03 bits per heavy atom. The van der Waals surface area contributed by atoms with Gasteiger partial charge in [-0.25, -0.2) is 0 Å². The molecule has 0 saturated heterocycles. The van der Waals surface area contributed by atoms with Crippen LogP contribution in [0.2, 0.25) is 0 Å². The Balaban J connectivity index is 1.61. The number of hydrogen-bond donors (Lipinski definition) is 2. The second-order valence-electron chi connectivity index (χ2n) is 7.23. The summed E-state index contributed by atoms with van der Waals surface area (Å²) in [5.41, 5.74) is 1.28. The third kappa shape index (κ3) is 4.76. The van der Waals surface area contributed by atoms with Crippen molar-refractivity contribution < 1.29 is 9.47 Å². The molecule has 0 fully saturated rings. The molecule has 8 heteroatoms. The molecule has 4 rings (SSSR count). The van der Waals surface area contributed by atoms with E-state index in [1.165, 1.54) is 4.88 Å². The lowest BCUT2D eigenvalue weighted by Crippen LogP contribution is -2.40. The number of fused-ring (bicyclic) bond motifs is 2. The zero-order valence-corrected chi connectivity index (χ0v) is 18.5. The van der Waals surface area contributed by atoms with Crippen molar-refractivity contribution in [2.45, 2.75) is 32.9 Å². The molecular formula is C22H25N3O3S2. The highest BCUT2D eigenvalue weighted by Gasteiger charge is 2.17. The fourth-order valence-electron chi connectivity index (χ4n) is 3.39. The van der Waals surface area contributed by atoms with Gasteiger partial charge in [-0.3, -0.25) is 4.79 Å². The number of thiophene rings is 1. The topological polar surface area (TPSA) is 66.6 Å². The number of rotatable bonds is 7. The van der Waals surface area contributed by atoms with Crippen molar-refractivity contribution in [1.82, 2.24) is 15.2 Å². The molecular weight excluding hydrogens is 418 g/mol. The summed E-state index contributed by atoms with van der Waals surface area (Å²) >= 11 is 7.34. The lowest BCUT2D eigenvalue weighted by Gasteiger charge is -2.25. The first-order chi connectivity index (χ1) is 14.6. The number of ether oxygens (including phenoxy) is 2. The van der Waals surface area contributed by atoms with Crippen LogP contribution in [-0.2, 0) is 13.1 Å². The lowest BCUT2D eigenvalue weighted by molar-refractivity contribution is 0.172. The van der Waals surface area contributed by atoms with Crippen LogP contribution in [0.15, 0.2) is 40.5 Å². The molecule has 0 unspecified atom stereocenters. The van der Waals surface area contributed by atoms with Crippen LogP contribution in [0.3, 0.4) is 0 Å². The highest BCUT2D eigenvalue weighted by atomic mass is 32.1. The Hall–Kier alpha value is -2.58. The van der Waals surface area contributed by atoms with Crippen molar-refractivity contribution in [3.05, 3.63) is 56.5 Å². The summed E-state index contributed by atoms with van der Waals surface area (Å²) in [6, 6.07) is 9.78. The second kappa shape index (κ2) is 9.49. The quantitative estimate of drug-likeness (QED) is 0.424. The molecule has 0 amide bonds. The van der Waals surface area contributed by atoms with Gasteiger partial charge in [0, 0.05) is 28.4 Å². The zero-order valence-electron chi connectivity index (χ0n) is 16.9. The minimum Gasteiger partial charge on any atom is -0.486 e. The van der Waals surface area contributed by atoms with E-state index in [9.17, 15) is 4.79 Å². The number of H-pyrrole nitrogens is 1. The molecule has 1 aromatic carbocycles. The molecule has 2 N–H and O–H groups in total. The number of hydrogen-bond acceptors (Lipinski definition) is 5. The molecule has 2 aromatic heterocycles. The first-order valence-electron chi connectivity index (χ1n) is 10.1. The molecule has 6 nitrogen and oxygen atoms in total. The monoisotopic (exact) mass is 443 g/mol. The summed E-state index contributed by atoms with van der Waals surface area (Å²) in [5, 5.41) is 6.95. The highest BCUT2D eigenvalue weighted by Crippen LogP contribution is 2.33. The van der Waals surface area contributed by atoms with Gasteiger partial charge in [0.05, 0.1) is 18.6 Å². The average Bonchev–Trinajstić information content (AvgIpc) is 3.25. The molecule has 30 heavy (non-hydrogen) atoms.